The van der Waals surface area contributed by atoms with Crippen LogP contribution in [0.5, 0.6) is 0 Å². The van der Waals surface area contributed by atoms with Gasteiger partial charge in [-0.2, -0.15) is 5.10 Å². The van der Waals surface area contributed by atoms with E-state index in [1.807, 2.05) is 47.1 Å². The minimum absolute atomic E-state index is 0.217. The number of fused-ring (bicyclic) bond motifs is 1. The molecule has 6 heteroatoms. The first-order chi connectivity index (χ1) is 12.2. The maximum Gasteiger partial charge on any atom is 0.123 e. The summed E-state index contributed by atoms with van der Waals surface area (Å²) < 4.78 is 16.2. The standard InChI is InChI=1S/C19H13BrFN3S/c20-15-6-4-14(5-7-15)17-11-18-19(22-8-9-24(18)23-17)25-12-13-2-1-3-16(21)10-13/h1-11H,12H2. The van der Waals surface area contributed by atoms with Crippen molar-refractivity contribution < 1.29 is 4.39 Å². The minimum atomic E-state index is -0.217. The Balaban J connectivity index is 1.64. The zero-order valence-corrected chi connectivity index (χ0v) is 15.5. The molecule has 4 rings (SSSR count). The van der Waals surface area contributed by atoms with Crippen molar-refractivity contribution in [2.75, 3.05) is 0 Å². The van der Waals surface area contributed by atoms with E-state index in [4.69, 9.17) is 0 Å². The van der Waals surface area contributed by atoms with Crippen LogP contribution < -0.4 is 0 Å². The first-order valence-electron chi connectivity index (χ1n) is 7.66. The molecule has 2 heterocycles. The predicted octanol–water partition coefficient (Wildman–Crippen LogP) is 5.59. The fourth-order valence-electron chi connectivity index (χ4n) is 2.55. The van der Waals surface area contributed by atoms with E-state index in [9.17, 15) is 4.39 Å². The van der Waals surface area contributed by atoms with Gasteiger partial charge in [0.15, 0.2) is 0 Å². The largest absolute Gasteiger partial charge is 0.246 e. The molecule has 0 unspecified atom stereocenters. The topological polar surface area (TPSA) is 30.2 Å². The van der Waals surface area contributed by atoms with Gasteiger partial charge >= 0.3 is 0 Å². The van der Waals surface area contributed by atoms with Crippen molar-refractivity contribution in [3.63, 3.8) is 0 Å². The molecule has 0 fully saturated rings. The smallest absolute Gasteiger partial charge is 0.123 e. The molecule has 0 radical (unpaired) electrons. The molecule has 2 aromatic heterocycles. The van der Waals surface area contributed by atoms with E-state index in [1.54, 1.807) is 30.1 Å². The highest BCUT2D eigenvalue weighted by molar-refractivity contribution is 9.10. The van der Waals surface area contributed by atoms with Crippen LogP contribution in [0.4, 0.5) is 4.39 Å². The summed E-state index contributed by atoms with van der Waals surface area (Å²) >= 11 is 5.02. The normalized spacial score (nSPS) is 11.1. The van der Waals surface area contributed by atoms with Gasteiger partial charge in [0.05, 0.1) is 11.2 Å². The lowest BCUT2D eigenvalue weighted by molar-refractivity contribution is 0.626. The minimum Gasteiger partial charge on any atom is -0.246 e. The SMILES string of the molecule is Fc1cccc(CSc2nccn3nc(-c4ccc(Br)cc4)cc23)c1. The van der Waals surface area contributed by atoms with Crippen LogP contribution in [-0.2, 0) is 5.75 Å². The van der Waals surface area contributed by atoms with Gasteiger partial charge in [0.2, 0.25) is 0 Å². The van der Waals surface area contributed by atoms with Gasteiger partial charge in [0, 0.05) is 28.2 Å². The lowest BCUT2D eigenvalue weighted by atomic mass is 10.1. The van der Waals surface area contributed by atoms with Crippen molar-refractivity contribution >= 4 is 33.2 Å². The number of halogens is 2. The van der Waals surface area contributed by atoms with Crippen LogP contribution in [0, 0.1) is 5.82 Å². The van der Waals surface area contributed by atoms with Crippen LogP contribution in [0.1, 0.15) is 5.56 Å². The van der Waals surface area contributed by atoms with Crippen molar-refractivity contribution in [2.45, 2.75) is 10.8 Å². The van der Waals surface area contributed by atoms with Gasteiger partial charge < -0.3 is 0 Å². The second-order valence-corrected chi connectivity index (χ2v) is 7.40. The maximum absolute atomic E-state index is 13.3. The van der Waals surface area contributed by atoms with Crippen molar-refractivity contribution in [1.29, 1.82) is 0 Å². The second kappa shape index (κ2) is 6.98. The van der Waals surface area contributed by atoms with Crippen LogP contribution in [0.15, 0.2) is 76.5 Å². The molecule has 0 atom stereocenters. The number of nitrogens with zero attached hydrogens (tertiary/aromatic N) is 3. The Morgan fingerprint density at radius 2 is 1.92 bits per heavy atom. The molecule has 0 bridgehead atoms. The first-order valence-corrected chi connectivity index (χ1v) is 9.44. The third kappa shape index (κ3) is 3.60. The molecule has 25 heavy (non-hydrogen) atoms. The molecule has 4 aromatic rings. The fourth-order valence-corrected chi connectivity index (χ4v) is 3.73. The van der Waals surface area contributed by atoms with Crippen LogP contribution in [0.3, 0.4) is 0 Å². The van der Waals surface area contributed by atoms with Crippen molar-refractivity contribution in [1.82, 2.24) is 14.6 Å². The van der Waals surface area contributed by atoms with Crippen molar-refractivity contribution in [3.05, 3.63) is 82.8 Å². The molecule has 0 saturated carbocycles. The molecule has 0 aliphatic heterocycles. The van der Waals surface area contributed by atoms with Gasteiger partial charge in [-0.3, -0.25) is 0 Å². The van der Waals surface area contributed by atoms with E-state index in [-0.39, 0.29) is 5.82 Å². The third-order valence-electron chi connectivity index (χ3n) is 3.76. The summed E-state index contributed by atoms with van der Waals surface area (Å²) in [7, 11) is 0. The van der Waals surface area contributed by atoms with Gasteiger partial charge in [-0.05, 0) is 35.9 Å². The van der Waals surface area contributed by atoms with Crippen LogP contribution in [-0.4, -0.2) is 14.6 Å². The Kier molecular flexibility index (Phi) is 4.55. The number of aromatic nitrogens is 3. The highest BCUT2D eigenvalue weighted by Crippen LogP contribution is 2.28. The average Bonchev–Trinajstić information content (AvgIpc) is 3.05. The Bertz CT molecular complexity index is 1030. The number of hydrogen-bond acceptors (Lipinski definition) is 3. The highest BCUT2D eigenvalue weighted by atomic mass is 79.9. The average molecular weight is 414 g/mol. The highest BCUT2D eigenvalue weighted by Gasteiger charge is 2.10. The molecule has 0 N–H and O–H groups in total. The molecule has 0 aliphatic carbocycles. The summed E-state index contributed by atoms with van der Waals surface area (Å²) in [6.07, 6.45) is 3.57. The summed E-state index contributed by atoms with van der Waals surface area (Å²) in [5.74, 6) is 0.439. The monoisotopic (exact) mass is 413 g/mol. The van der Waals surface area contributed by atoms with Crippen molar-refractivity contribution in [3.8, 4) is 11.3 Å². The molecule has 0 aliphatic rings. The molecule has 124 valence electrons. The van der Waals surface area contributed by atoms with E-state index in [0.717, 1.165) is 31.8 Å². The first kappa shape index (κ1) is 16.3. The zero-order chi connectivity index (χ0) is 17.2. The Hall–Kier alpha value is -2.18. The Labute approximate surface area is 157 Å². The summed E-state index contributed by atoms with van der Waals surface area (Å²) in [5, 5.41) is 5.51. The maximum atomic E-state index is 13.3. The molecule has 0 amide bonds. The van der Waals surface area contributed by atoms with Gasteiger partial charge in [-0.15, -0.1) is 0 Å². The molecule has 3 nitrogen and oxygen atoms in total. The summed E-state index contributed by atoms with van der Waals surface area (Å²) in [5.41, 5.74) is 3.82. The van der Waals surface area contributed by atoms with Gasteiger partial charge in [0.1, 0.15) is 10.8 Å². The van der Waals surface area contributed by atoms with E-state index < -0.39 is 0 Å². The molecule has 0 saturated heterocycles. The molecular formula is C19H13BrFN3S. The number of benzene rings is 2. The van der Waals surface area contributed by atoms with Gasteiger partial charge in [-0.1, -0.05) is 52.0 Å². The van der Waals surface area contributed by atoms with Gasteiger partial charge in [0.25, 0.3) is 0 Å². The molecule has 2 aromatic carbocycles. The van der Waals surface area contributed by atoms with E-state index in [0.29, 0.717) is 5.75 Å². The second-order valence-electron chi connectivity index (χ2n) is 5.52. The summed E-state index contributed by atoms with van der Waals surface area (Å²) in [6, 6.07) is 16.7. The lowest BCUT2D eigenvalue weighted by Crippen LogP contribution is -1.91. The number of hydrogen-bond donors (Lipinski definition) is 0. The summed E-state index contributed by atoms with van der Waals surface area (Å²) in [4.78, 5) is 4.47. The fraction of sp³-hybridized carbons (Fsp3) is 0.0526. The van der Waals surface area contributed by atoms with Crippen LogP contribution in [0.25, 0.3) is 16.8 Å². The molecule has 0 spiro atoms. The number of rotatable bonds is 4. The van der Waals surface area contributed by atoms with E-state index in [2.05, 4.69) is 26.0 Å². The lowest BCUT2D eigenvalue weighted by Gasteiger charge is -2.03. The molecular weight excluding hydrogens is 401 g/mol. The quantitative estimate of drug-likeness (QED) is 0.408. The zero-order valence-electron chi connectivity index (χ0n) is 13.1. The predicted molar refractivity (Wildman–Crippen MR) is 102 cm³/mol. The van der Waals surface area contributed by atoms with Gasteiger partial charge in [-0.25, -0.2) is 13.9 Å². The third-order valence-corrected chi connectivity index (χ3v) is 5.35. The van der Waals surface area contributed by atoms with E-state index in [1.165, 1.54) is 6.07 Å². The van der Waals surface area contributed by atoms with Crippen LogP contribution >= 0.6 is 27.7 Å². The number of thioether (sulfide) groups is 1. The summed E-state index contributed by atoms with van der Waals surface area (Å²) in [6.45, 7) is 0. The van der Waals surface area contributed by atoms with E-state index >= 15 is 0 Å². The van der Waals surface area contributed by atoms with Crippen molar-refractivity contribution in [2.24, 2.45) is 0 Å². The van der Waals surface area contributed by atoms with Crippen LogP contribution in [0.2, 0.25) is 0 Å². The Morgan fingerprint density at radius 1 is 1.08 bits per heavy atom. The Morgan fingerprint density at radius 3 is 2.72 bits per heavy atom.